The van der Waals surface area contributed by atoms with Crippen LogP contribution in [0.1, 0.15) is 0 Å². The van der Waals surface area contributed by atoms with Crippen molar-refractivity contribution in [2.45, 2.75) is 0 Å². The van der Waals surface area contributed by atoms with Gasteiger partial charge in [-0.15, -0.1) is 0 Å². The first kappa shape index (κ1) is 5.82. The van der Waals surface area contributed by atoms with Gasteiger partial charge in [0, 0.05) is 0 Å². The summed E-state index contributed by atoms with van der Waals surface area (Å²) in [5.41, 5.74) is 9.28. The minimum atomic E-state index is -3.13. The van der Waals surface area contributed by atoms with Crippen LogP contribution in [0.3, 0.4) is 0 Å². The summed E-state index contributed by atoms with van der Waals surface area (Å²) in [6.07, 6.45) is 0. The van der Waals surface area contributed by atoms with Crippen LogP contribution in [-0.2, 0) is 4.57 Å². The Morgan fingerprint density at radius 1 is 1.67 bits per heavy atom. The molecule has 0 spiro atoms. The van der Waals surface area contributed by atoms with Gasteiger partial charge in [-0.25, -0.2) is 4.76 Å². The van der Waals surface area contributed by atoms with Crippen molar-refractivity contribution in [1.82, 2.24) is 0 Å². The van der Waals surface area contributed by atoms with E-state index in [0.29, 0.717) is 0 Å². The second kappa shape index (κ2) is 1.51. The predicted molar refractivity (Wildman–Crippen MR) is 25.5 cm³/mol. The smallest absolute Gasteiger partial charge is 0.263 e. The number of hydrogen-bond acceptors (Lipinski definition) is 1. The average molecular weight is 107 g/mol. The fourth-order valence-electron chi connectivity index (χ4n) is 0. The van der Waals surface area contributed by atoms with Crippen molar-refractivity contribution in [2.24, 2.45) is 15.8 Å². The highest BCUT2D eigenvalue weighted by molar-refractivity contribution is 7.57. The fourth-order valence-corrected chi connectivity index (χ4v) is 0. The molecule has 0 rings (SSSR count). The summed E-state index contributed by atoms with van der Waals surface area (Å²) in [6.45, 7) is 2.87. The normalized spacial score (nSPS) is 11.0. The lowest BCUT2D eigenvalue weighted by molar-refractivity contribution is 0.578. The molecular weight excluding hydrogens is 101 g/mol. The van der Waals surface area contributed by atoms with Gasteiger partial charge in [-0.3, -0.25) is 15.6 Å². The molecule has 0 amide bonds. The Hall–Kier alpha value is -0.180. The van der Waals surface area contributed by atoms with E-state index in [1.54, 1.807) is 0 Å². The Morgan fingerprint density at radius 3 is 1.83 bits per heavy atom. The van der Waals surface area contributed by atoms with E-state index in [2.05, 4.69) is 22.5 Å². The van der Waals surface area contributed by atoms with Crippen LogP contribution in [0.15, 0.2) is 4.76 Å². The monoisotopic (exact) mass is 107 g/mol. The highest BCUT2D eigenvalue weighted by atomic mass is 31.2. The Balaban J connectivity index is 3.81. The Bertz CT molecular complexity index is 93.0. The van der Waals surface area contributed by atoms with Gasteiger partial charge in [0.2, 0.25) is 0 Å². The molecule has 0 fully saturated rings. The van der Waals surface area contributed by atoms with Crippen LogP contribution in [0.25, 0.3) is 0 Å². The second-order valence-electron chi connectivity index (χ2n) is 0.814. The number of nitrogens with zero attached hydrogens (tertiary/aromatic N) is 1. The molecule has 0 aromatic carbocycles. The molecule has 0 aromatic heterocycles. The molecule has 0 bridgehead atoms. The molecule has 0 saturated heterocycles. The van der Waals surface area contributed by atoms with Gasteiger partial charge in [-0.2, -0.15) is 0 Å². The lowest BCUT2D eigenvalue weighted by atomic mass is 11.8. The molecule has 0 aromatic rings. The van der Waals surface area contributed by atoms with Crippen LogP contribution in [0.5, 0.6) is 0 Å². The maximum Gasteiger partial charge on any atom is 0.318 e. The predicted octanol–water partition coefficient (Wildman–Crippen LogP) is -0.288. The van der Waals surface area contributed by atoms with Gasteiger partial charge in [0.25, 0.3) is 0 Å². The zero-order valence-electron chi connectivity index (χ0n) is 3.16. The van der Waals surface area contributed by atoms with Gasteiger partial charge >= 0.3 is 7.59 Å². The largest absolute Gasteiger partial charge is 0.318 e. The molecule has 0 aliphatic heterocycles. The number of hydrogen-bond donors (Lipinski definition) is 2. The van der Waals surface area contributed by atoms with E-state index in [0.717, 1.165) is 0 Å². The highest BCUT2D eigenvalue weighted by Crippen LogP contribution is 2.23. The van der Waals surface area contributed by atoms with Crippen LogP contribution in [0.2, 0.25) is 0 Å². The van der Waals surface area contributed by atoms with E-state index in [1.807, 2.05) is 0 Å². The second-order valence-corrected chi connectivity index (χ2v) is 2.44. The van der Waals surface area contributed by atoms with E-state index >= 15 is 0 Å². The van der Waals surface area contributed by atoms with Crippen molar-refractivity contribution >= 4 is 14.3 Å². The van der Waals surface area contributed by atoms with Crippen LogP contribution in [0, 0.1) is 0 Å². The molecule has 5 heteroatoms. The Labute approximate surface area is 35.8 Å². The molecule has 0 unspecified atom stereocenters. The molecule has 0 atom stereocenters. The fraction of sp³-hybridized carbons (Fsp3) is 0. The van der Waals surface area contributed by atoms with Crippen molar-refractivity contribution in [2.75, 3.05) is 0 Å². The first-order chi connectivity index (χ1) is 2.56. The van der Waals surface area contributed by atoms with Crippen molar-refractivity contribution in [3.8, 4) is 0 Å². The number of rotatable bonds is 1. The third kappa shape index (κ3) is 3.82. The lowest BCUT2D eigenvalue weighted by Gasteiger charge is -1.90. The van der Waals surface area contributed by atoms with Crippen LogP contribution >= 0.6 is 7.59 Å². The third-order valence-electron chi connectivity index (χ3n) is 0.221. The molecule has 4 N–H and O–H groups in total. The van der Waals surface area contributed by atoms with Crippen LogP contribution in [-0.4, -0.2) is 6.72 Å². The SMILES string of the molecule is C=NP(N)(N)=O. The van der Waals surface area contributed by atoms with Gasteiger partial charge in [-0.05, 0) is 6.72 Å². The Morgan fingerprint density at radius 2 is 1.83 bits per heavy atom. The highest BCUT2D eigenvalue weighted by Gasteiger charge is 1.97. The standard InChI is InChI=1S/CH6N3OP/c1-4-6(2,3)5/h1H2,(H4,2,3,5). The molecule has 4 nitrogen and oxygen atoms in total. The average Bonchev–Trinajstić information content (AvgIpc) is 1.35. The van der Waals surface area contributed by atoms with Crippen LogP contribution in [0.4, 0.5) is 0 Å². The lowest BCUT2D eigenvalue weighted by Crippen LogP contribution is -1.99. The molecule has 0 aliphatic carbocycles. The topological polar surface area (TPSA) is 81.5 Å². The Kier molecular flexibility index (Phi) is 1.47. The molecule has 6 heavy (non-hydrogen) atoms. The third-order valence-corrected chi connectivity index (χ3v) is 0.663. The molecule has 0 radical (unpaired) electrons. The minimum absolute atomic E-state index is 2.87. The van der Waals surface area contributed by atoms with Crippen LogP contribution < -0.4 is 11.0 Å². The summed E-state index contributed by atoms with van der Waals surface area (Å²) in [4.78, 5) is 0. The van der Waals surface area contributed by atoms with Gasteiger partial charge in [0.1, 0.15) is 0 Å². The van der Waals surface area contributed by atoms with Crippen molar-refractivity contribution < 1.29 is 4.57 Å². The molecule has 0 aliphatic rings. The quantitative estimate of drug-likeness (QED) is 0.357. The molecule has 0 heterocycles. The van der Waals surface area contributed by atoms with E-state index in [4.69, 9.17) is 0 Å². The first-order valence-corrected chi connectivity index (χ1v) is 3.01. The van der Waals surface area contributed by atoms with Gasteiger partial charge < -0.3 is 0 Å². The maximum atomic E-state index is 9.91. The maximum absolute atomic E-state index is 9.91. The van der Waals surface area contributed by atoms with Crippen molar-refractivity contribution in [1.29, 1.82) is 0 Å². The van der Waals surface area contributed by atoms with Gasteiger partial charge in [0.05, 0.1) is 0 Å². The van der Waals surface area contributed by atoms with Gasteiger partial charge in [-0.1, -0.05) is 0 Å². The summed E-state index contributed by atoms with van der Waals surface area (Å²) in [5.74, 6) is 0. The van der Waals surface area contributed by atoms with E-state index in [9.17, 15) is 4.57 Å². The first-order valence-electron chi connectivity index (χ1n) is 1.22. The van der Waals surface area contributed by atoms with E-state index < -0.39 is 7.59 Å². The minimum Gasteiger partial charge on any atom is -0.263 e. The number of nitrogens with two attached hydrogens (primary N) is 2. The molecule has 36 valence electrons. The van der Waals surface area contributed by atoms with Gasteiger partial charge in [0.15, 0.2) is 0 Å². The molecule has 0 saturated carbocycles. The van der Waals surface area contributed by atoms with E-state index in [1.165, 1.54) is 0 Å². The summed E-state index contributed by atoms with van der Waals surface area (Å²) < 4.78 is 12.8. The summed E-state index contributed by atoms with van der Waals surface area (Å²) >= 11 is 0. The zero-order valence-corrected chi connectivity index (χ0v) is 4.06. The summed E-state index contributed by atoms with van der Waals surface area (Å²) in [7, 11) is -3.13. The summed E-state index contributed by atoms with van der Waals surface area (Å²) in [6, 6.07) is 0. The molecular formula is CH6N3OP. The summed E-state index contributed by atoms with van der Waals surface area (Å²) in [5, 5.41) is 0. The van der Waals surface area contributed by atoms with Crippen molar-refractivity contribution in [3.05, 3.63) is 0 Å². The van der Waals surface area contributed by atoms with Crippen molar-refractivity contribution in [3.63, 3.8) is 0 Å². The van der Waals surface area contributed by atoms with E-state index in [-0.39, 0.29) is 0 Å². The zero-order chi connectivity index (χ0) is 5.21.